The third-order valence-corrected chi connectivity index (χ3v) is 4.53. The maximum absolute atomic E-state index is 12.1. The predicted octanol–water partition coefficient (Wildman–Crippen LogP) is 2.34. The van der Waals surface area contributed by atoms with Crippen LogP contribution >= 0.6 is 22.9 Å². The van der Waals surface area contributed by atoms with Crippen LogP contribution in [-0.2, 0) is 13.5 Å². The normalized spacial score (nSPS) is 18.1. The van der Waals surface area contributed by atoms with Crippen molar-refractivity contribution in [1.29, 1.82) is 0 Å². The standard InChI is InChI=1S/C12H13ClN4OS/c1-17-6-14-11(16-17)12(18)15-8-3-2-4-9-7(8)5-10(13)19-9/h5-6,8H,2-4H2,1H3,(H,15,18). The Balaban J connectivity index is 1.79. The quantitative estimate of drug-likeness (QED) is 0.925. The second-order valence-corrected chi connectivity index (χ2v) is 6.36. The summed E-state index contributed by atoms with van der Waals surface area (Å²) in [6.07, 6.45) is 4.55. The molecule has 100 valence electrons. The fraction of sp³-hybridized carbons (Fsp3) is 0.417. The Kier molecular flexibility index (Phi) is 3.28. The van der Waals surface area contributed by atoms with E-state index < -0.39 is 0 Å². The van der Waals surface area contributed by atoms with Gasteiger partial charge in [-0.05, 0) is 30.9 Å². The number of hydrogen-bond acceptors (Lipinski definition) is 4. The van der Waals surface area contributed by atoms with Crippen molar-refractivity contribution in [2.75, 3.05) is 0 Å². The number of aromatic nitrogens is 3. The van der Waals surface area contributed by atoms with Crippen LogP contribution in [0.15, 0.2) is 12.4 Å². The van der Waals surface area contributed by atoms with Gasteiger partial charge in [-0.1, -0.05) is 11.6 Å². The molecular weight excluding hydrogens is 284 g/mol. The summed E-state index contributed by atoms with van der Waals surface area (Å²) < 4.78 is 2.30. The van der Waals surface area contributed by atoms with Crippen molar-refractivity contribution in [2.45, 2.75) is 25.3 Å². The largest absolute Gasteiger partial charge is 0.342 e. The number of rotatable bonds is 2. The number of fused-ring (bicyclic) bond motifs is 1. The number of thiophene rings is 1. The van der Waals surface area contributed by atoms with Gasteiger partial charge in [0.1, 0.15) is 6.33 Å². The number of aryl methyl sites for hydroxylation is 2. The number of carbonyl (C=O) groups is 1. The first-order valence-electron chi connectivity index (χ1n) is 6.08. The number of hydrogen-bond donors (Lipinski definition) is 1. The molecule has 0 radical (unpaired) electrons. The van der Waals surface area contributed by atoms with E-state index in [0.29, 0.717) is 0 Å². The van der Waals surface area contributed by atoms with E-state index in [1.807, 2.05) is 6.07 Å². The third-order valence-electron chi connectivity index (χ3n) is 3.19. The number of nitrogens with one attached hydrogen (secondary N) is 1. The zero-order chi connectivity index (χ0) is 13.4. The Labute approximate surface area is 119 Å². The topological polar surface area (TPSA) is 59.8 Å². The number of nitrogens with zero attached hydrogens (tertiary/aromatic N) is 3. The van der Waals surface area contributed by atoms with Crippen LogP contribution in [0.3, 0.4) is 0 Å². The molecule has 7 heteroatoms. The van der Waals surface area contributed by atoms with Gasteiger partial charge in [-0.3, -0.25) is 9.48 Å². The van der Waals surface area contributed by atoms with E-state index in [4.69, 9.17) is 11.6 Å². The van der Waals surface area contributed by atoms with Gasteiger partial charge in [-0.2, -0.15) is 0 Å². The van der Waals surface area contributed by atoms with Crippen LogP contribution in [0.5, 0.6) is 0 Å². The molecule has 1 amide bonds. The van der Waals surface area contributed by atoms with Crippen LogP contribution < -0.4 is 5.32 Å². The molecule has 2 heterocycles. The summed E-state index contributed by atoms with van der Waals surface area (Å²) in [7, 11) is 1.74. The van der Waals surface area contributed by atoms with Gasteiger partial charge in [0.05, 0.1) is 10.4 Å². The zero-order valence-corrected chi connectivity index (χ0v) is 12.0. The number of halogens is 1. The average molecular weight is 297 g/mol. The average Bonchev–Trinajstić information content (AvgIpc) is 2.95. The lowest BCUT2D eigenvalue weighted by atomic mass is 9.94. The molecule has 1 aliphatic carbocycles. The molecule has 2 aromatic heterocycles. The Morgan fingerprint density at radius 3 is 3.21 bits per heavy atom. The molecule has 1 N–H and O–H groups in total. The van der Waals surface area contributed by atoms with Crippen LogP contribution in [-0.4, -0.2) is 20.7 Å². The third kappa shape index (κ3) is 2.50. The number of amides is 1. The second-order valence-electron chi connectivity index (χ2n) is 4.59. The molecule has 0 saturated carbocycles. The highest BCUT2D eigenvalue weighted by Gasteiger charge is 2.25. The van der Waals surface area contributed by atoms with E-state index in [9.17, 15) is 4.79 Å². The van der Waals surface area contributed by atoms with E-state index >= 15 is 0 Å². The van der Waals surface area contributed by atoms with Crippen LogP contribution in [0, 0.1) is 0 Å². The molecule has 0 aromatic carbocycles. The Morgan fingerprint density at radius 2 is 2.47 bits per heavy atom. The fourth-order valence-corrected chi connectivity index (χ4v) is 3.72. The summed E-state index contributed by atoms with van der Waals surface area (Å²) in [5, 5.41) is 7.00. The van der Waals surface area contributed by atoms with E-state index in [1.54, 1.807) is 18.4 Å². The Bertz CT molecular complexity index is 621. The van der Waals surface area contributed by atoms with Gasteiger partial charge < -0.3 is 5.32 Å². The molecule has 1 aliphatic rings. The molecule has 1 atom stereocenters. The van der Waals surface area contributed by atoms with Gasteiger partial charge in [0.15, 0.2) is 0 Å². The number of carbonyl (C=O) groups excluding carboxylic acids is 1. The highest BCUT2D eigenvalue weighted by molar-refractivity contribution is 7.16. The van der Waals surface area contributed by atoms with Crippen molar-refractivity contribution in [3.63, 3.8) is 0 Å². The van der Waals surface area contributed by atoms with E-state index in [0.717, 1.165) is 29.2 Å². The van der Waals surface area contributed by atoms with Crippen LogP contribution in [0.1, 0.15) is 39.9 Å². The van der Waals surface area contributed by atoms with Crippen molar-refractivity contribution < 1.29 is 4.79 Å². The Morgan fingerprint density at radius 1 is 1.63 bits per heavy atom. The molecule has 0 spiro atoms. The molecule has 0 saturated heterocycles. The summed E-state index contributed by atoms with van der Waals surface area (Å²) >= 11 is 7.65. The molecule has 3 rings (SSSR count). The highest BCUT2D eigenvalue weighted by Crippen LogP contribution is 2.37. The maximum Gasteiger partial charge on any atom is 0.291 e. The van der Waals surface area contributed by atoms with Gasteiger partial charge >= 0.3 is 0 Å². The fourth-order valence-electron chi connectivity index (χ4n) is 2.34. The van der Waals surface area contributed by atoms with Gasteiger partial charge in [0.25, 0.3) is 5.91 Å². The summed E-state index contributed by atoms with van der Waals surface area (Å²) in [5.41, 5.74) is 1.14. The predicted molar refractivity (Wildman–Crippen MR) is 73.5 cm³/mol. The molecule has 0 fully saturated rings. The zero-order valence-electron chi connectivity index (χ0n) is 10.4. The first-order chi connectivity index (χ1) is 9.13. The minimum Gasteiger partial charge on any atom is -0.342 e. The molecule has 0 aliphatic heterocycles. The summed E-state index contributed by atoms with van der Waals surface area (Å²) in [5.74, 6) is -0.0308. The van der Waals surface area contributed by atoms with Gasteiger partial charge in [0, 0.05) is 11.9 Å². The maximum atomic E-state index is 12.1. The lowest BCUT2D eigenvalue weighted by Gasteiger charge is -2.22. The van der Waals surface area contributed by atoms with Crippen molar-refractivity contribution in [3.8, 4) is 0 Å². The van der Waals surface area contributed by atoms with Crippen LogP contribution in [0.4, 0.5) is 0 Å². The minimum atomic E-state index is -0.235. The highest BCUT2D eigenvalue weighted by atomic mass is 35.5. The Hall–Kier alpha value is -1.40. The van der Waals surface area contributed by atoms with E-state index in [2.05, 4.69) is 15.4 Å². The van der Waals surface area contributed by atoms with Crippen molar-refractivity contribution in [2.24, 2.45) is 7.05 Å². The minimum absolute atomic E-state index is 0.0174. The monoisotopic (exact) mass is 296 g/mol. The van der Waals surface area contributed by atoms with Crippen molar-refractivity contribution >= 4 is 28.8 Å². The first-order valence-corrected chi connectivity index (χ1v) is 7.27. The van der Waals surface area contributed by atoms with E-state index in [1.165, 1.54) is 15.9 Å². The molecule has 19 heavy (non-hydrogen) atoms. The van der Waals surface area contributed by atoms with Gasteiger partial charge in [-0.15, -0.1) is 16.4 Å². The molecule has 0 bridgehead atoms. The van der Waals surface area contributed by atoms with Crippen molar-refractivity contribution in [3.05, 3.63) is 33.0 Å². The first kappa shape index (κ1) is 12.6. The summed E-state index contributed by atoms with van der Waals surface area (Å²) in [6.45, 7) is 0. The SMILES string of the molecule is Cn1cnc(C(=O)NC2CCCc3sc(Cl)cc32)n1. The van der Waals surface area contributed by atoms with Crippen molar-refractivity contribution in [1.82, 2.24) is 20.1 Å². The summed E-state index contributed by atoms with van der Waals surface area (Å²) in [6, 6.07) is 1.97. The molecule has 5 nitrogen and oxygen atoms in total. The van der Waals surface area contributed by atoms with Crippen LogP contribution in [0.2, 0.25) is 4.34 Å². The molecule has 2 aromatic rings. The smallest absolute Gasteiger partial charge is 0.291 e. The molecule has 1 unspecified atom stereocenters. The lowest BCUT2D eigenvalue weighted by Crippen LogP contribution is -2.31. The van der Waals surface area contributed by atoms with E-state index in [-0.39, 0.29) is 17.8 Å². The lowest BCUT2D eigenvalue weighted by molar-refractivity contribution is 0.0922. The summed E-state index contributed by atoms with van der Waals surface area (Å²) in [4.78, 5) is 17.3. The molecular formula is C12H13ClN4OS. The second kappa shape index (κ2) is 4.94. The van der Waals surface area contributed by atoms with Crippen LogP contribution in [0.25, 0.3) is 0 Å². The van der Waals surface area contributed by atoms with Gasteiger partial charge in [0.2, 0.25) is 5.82 Å². The van der Waals surface area contributed by atoms with Gasteiger partial charge in [-0.25, -0.2) is 4.98 Å².